The fourth-order valence-corrected chi connectivity index (χ4v) is 2.12. The third kappa shape index (κ3) is 2.93. The molecule has 0 unspecified atom stereocenters. The maximum absolute atomic E-state index is 13.2. The van der Waals surface area contributed by atoms with Gasteiger partial charge in [0.1, 0.15) is 14.5 Å². The maximum atomic E-state index is 13.2. The Morgan fingerprint density at radius 1 is 1.53 bits per heavy atom. The van der Waals surface area contributed by atoms with Crippen LogP contribution in [0.4, 0.5) is 4.39 Å². The Balaban J connectivity index is 2.48. The van der Waals surface area contributed by atoms with Gasteiger partial charge in [-0.15, -0.1) is 0 Å². The summed E-state index contributed by atoms with van der Waals surface area (Å²) in [5.41, 5.74) is 0.413. The van der Waals surface area contributed by atoms with Gasteiger partial charge in [-0.2, -0.15) is 5.26 Å². The van der Waals surface area contributed by atoms with Crippen LogP contribution in [0, 0.1) is 20.7 Å². The molecule has 0 radical (unpaired) electrons. The molecule has 7 heteroatoms. The number of nitrogens with zero attached hydrogens (tertiary/aromatic N) is 3. The standard InChI is InChI=1S/C12H6ClFIN3O/c13-11-10(15)12(19)18(6-17-11)5-8-3-9(14)2-1-7(8)4-16/h1-3,6H,5H2. The van der Waals surface area contributed by atoms with Crippen molar-refractivity contribution in [2.45, 2.75) is 6.54 Å². The molecule has 0 aliphatic heterocycles. The highest BCUT2D eigenvalue weighted by Gasteiger charge is 2.10. The van der Waals surface area contributed by atoms with Crippen molar-refractivity contribution in [3.05, 3.63) is 60.5 Å². The van der Waals surface area contributed by atoms with Gasteiger partial charge < -0.3 is 0 Å². The van der Waals surface area contributed by atoms with Crippen molar-refractivity contribution >= 4 is 34.2 Å². The summed E-state index contributed by atoms with van der Waals surface area (Å²) >= 11 is 7.52. The first kappa shape index (κ1) is 14.0. The van der Waals surface area contributed by atoms with Gasteiger partial charge in [-0.05, 0) is 46.4 Å². The van der Waals surface area contributed by atoms with E-state index in [-0.39, 0.29) is 20.8 Å². The molecule has 2 rings (SSSR count). The molecule has 0 aliphatic carbocycles. The second kappa shape index (κ2) is 5.67. The highest BCUT2D eigenvalue weighted by molar-refractivity contribution is 14.1. The average molecular weight is 390 g/mol. The summed E-state index contributed by atoms with van der Waals surface area (Å²) in [4.78, 5) is 15.8. The molecule has 0 saturated carbocycles. The van der Waals surface area contributed by atoms with Crippen LogP contribution >= 0.6 is 34.2 Å². The minimum Gasteiger partial charge on any atom is -0.294 e. The Hall–Kier alpha value is -1.46. The van der Waals surface area contributed by atoms with Crippen LogP contribution in [-0.4, -0.2) is 9.55 Å². The second-order valence-electron chi connectivity index (χ2n) is 3.70. The molecule has 0 spiro atoms. The van der Waals surface area contributed by atoms with Crippen molar-refractivity contribution in [1.82, 2.24) is 9.55 Å². The summed E-state index contributed by atoms with van der Waals surface area (Å²) < 4.78 is 14.8. The Morgan fingerprint density at radius 3 is 2.95 bits per heavy atom. The smallest absolute Gasteiger partial charge is 0.268 e. The highest BCUT2D eigenvalue weighted by atomic mass is 127. The first-order chi connectivity index (χ1) is 9.02. The highest BCUT2D eigenvalue weighted by Crippen LogP contribution is 2.13. The minimum atomic E-state index is -0.460. The van der Waals surface area contributed by atoms with E-state index in [4.69, 9.17) is 16.9 Å². The quantitative estimate of drug-likeness (QED) is 0.586. The monoisotopic (exact) mass is 389 g/mol. The van der Waals surface area contributed by atoms with Gasteiger partial charge in [-0.25, -0.2) is 9.37 Å². The van der Waals surface area contributed by atoms with E-state index >= 15 is 0 Å². The summed E-state index contributed by atoms with van der Waals surface area (Å²) in [5, 5.41) is 9.08. The van der Waals surface area contributed by atoms with Gasteiger partial charge in [-0.3, -0.25) is 9.36 Å². The molecule has 0 aliphatic rings. The molecule has 0 N–H and O–H groups in total. The number of nitriles is 1. The molecule has 0 saturated heterocycles. The molecule has 1 aromatic carbocycles. The third-order valence-electron chi connectivity index (χ3n) is 2.47. The van der Waals surface area contributed by atoms with Crippen LogP contribution < -0.4 is 5.56 Å². The van der Waals surface area contributed by atoms with Gasteiger partial charge in [0.15, 0.2) is 0 Å². The Bertz CT molecular complexity index is 739. The zero-order valence-electron chi connectivity index (χ0n) is 9.40. The van der Waals surface area contributed by atoms with Crippen LogP contribution in [0.15, 0.2) is 29.3 Å². The summed E-state index contributed by atoms with van der Waals surface area (Å²) in [5.74, 6) is -0.460. The van der Waals surface area contributed by atoms with Crippen molar-refractivity contribution < 1.29 is 4.39 Å². The SMILES string of the molecule is N#Cc1ccc(F)cc1Cn1cnc(Cl)c(I)c1=O. The third-order valence-corrected chi connectivity index (χ3v) is 4.05. The van der Waals surface area contributed by atoms with Gasteiger partial charge in [0, 0.05) is 0 Å². The molecule has 0 atom stereocenters. The van der Waals surface area contributed by atoms with Crippen LogP contribution in [0.3, 0.4) is 0 Å². The first-order valence-electron chi connectivity index (χ1n) is 5.12. The number of rotatable bonds is 2. The van der Waals surface area contributed by atoms with Gasteiger partial charge in [0.05, 0.1) is 24.5 Å². The number of hydrogen-bond acceptors (Lipinski definition) is 3. The number of halogens is 3. The molecule has 0 amide bonds. The summed E-state index contributed by atoms with van der Waals surface area (Å²) in [6, 6.07) is 5.77. The molecular weight excluding hydrogens is 384 g/mol. The predicted octanol–water partition coefficient (Wildman–Crippen LogP) is 2.56. The molecule has 1 aromatic heterocycles. The van der Waals surface area contributed by atoms with E-state index in [1.54, 1.807) is 22.6 Å². The van der Waals surface area contributed by atoms with Gasteiger partial charge in [-0.1, -0.05) is 11.6 Å². The largest absolute Gasteiger partial charge is 0.294 e. The topological polar surface area (TPSA) is 58.7 Å². The summed E-state index contributed by atoms with van der Waals surface area (Å²) in [6.07, 6.45) is 1.28. The molecule has 2 aromatic rings. The lowest BCUT2D eigenvalue weighted by atomic mass is 10.1. The maximum Gasteiger partial charge on any atom is 0.268 e. The van der Waals surface area contributed by atoms with Crippen LogP contribution in [0.25, 0.3) is 0 Å². The molecule has 0 fully saturated rings. The zero-order valence-corrected chi connectivity index (χ0v) is 12.3. The normalized spacial score (nSPS) is 10.2. The van der Waals surface area contributed by atoms with Crippen molar-refractivity contribution in [1.29, 1.82) is 5.26 Å². The lowest BCUT2D eigenvalue weighted by Gasteiger charge is -2.08. The second-order valence-corrected chi connectivity index (χ2v) is 5.13. The fourth-order valence-electron chi connectivity index (χ4n) is 1.54. The van der Waals surface area contributed by atoms with Crippen LogP contribution in [0.5, 0.6) is 0 Å². The lowest BCUT2D eigenvalue weighted by molar-refractivity contribution is 0.621. The van der Waals surface area contributed by atoms with Crippen molar-refractivity contribution in [3.63, 3.8) is 0 Å². The number of hydrogen-bond donors (Lipinski definition) is 0. The van der Waals surface area contributed by atoms with E-state index in [9.17, 15) is 9.18 Å². The minimum absolute atomic E-state index is 0.0691. The lowest BCUT2D eigenvalue weighted by Crippen LogP contribution is -2.24. The van der Waals surface area contributed by atoms with Gasteiger partial charge >= 0.3 is 0 Å². The molecule has 96 valence electrons. The summed E-state index contributed by atoms with van der Waals surface area (Å²) in [6.45, 7) is 0.0691. The molecule has 0 bridgehead atoms. The Labute approximate surface area is 126 Å². The van der Waals surface area contributed by atoms with E-state index in [0.717, 1.165) is 0 Å². The molecule has 19 heavy (non-hydrogen) atoms. The Morgan fingerprint density at radius 2 is 2.26 bits per heavy atom. The van der Waals surface area contributed by atoms with Crippen LogP contribution in [-0.2, 0) is 6.54 Å². The fraction of sp³-hybridized carbons (Fsp3) is 0.0833. The molecule has 4 nitrogen and oxygen atoms in total. The first-order valence-corrected chi connectivity index (χ1v) is 6.57. The predicted molar refractivity (Wildman–Crippen MR) is 76.4 cm³/mol. The van der Waals surface area contributed by atoms with E-state index in [2.05, 4.69) is 4.98 Å². The Kier molecular flexibility index (Phi) is 4.17. The van der Waals surface area contributed by atoms with Crippen molar-refractivity contribution in [3.8, 4) is 6.07 Å². The summed E-state index contributed by atoms with van der Waals surface area (Å²) in [7, 11) is 0. The van der Waals surface area contributed by atoms with Crippen molar-refractivity contribution in [2.24, 2.45) is 0 Å². The van der Waals surface area contributed by atoms with E-state index < -0.39 is 5.82 Å². The van der Waals surface area contributed by atoms with Crippen LogP contribution in [0.1, 0.15) is 11.1 Å². The molecule has 1 heterocycles. The zero-order chi connectivity index (χ0) is 14.0. The van der Waals surface area contributed by atoms with E-state index in [0.29, 0.717) is 11.1 Å². The average Bonchev–Trinajstić information content (AvgIpc) is 2.40. The molecular formula is C12H6ClFIN3O. The van der Waals surface area contributed by atoms with E-state index in [1.807, 2.05) is 6.07 Å². The van der Waals surface area contributed by atoms with Crippen molar-refractivity contribution in [2.75, 3.05) is 0 Å². The van der Waals surface area contributed by atoms with E-state index in [1.165, 1.54) is 29.1 Å². The van der Waals surface area contributed by atoms with Gasteiger partial charge in [0.2, 0.25) is 0 Å². The number of benzene rings is 1. The van der Waals surface area contributed by atoms with Crippen LogP contribution in [0.2, 0.25) is 5.15 Å². The number of aromatic nitrogens is 2. The van der Waals surface area contributed by atoms with Gasteiger partial charge in [0.25, 0.3) is 5.56 Å².